The Bertz CT molecular complexity index is 1600. The number of hydrogen-bond acceptors (Lipinski definition) is 8. The minimum atomic E-state index is -3.63. The lowest BCUT2D eigenvalue weighted by Gasteiger charge is -2.38. The van der Waals surface area contributed by atoms with Crippen molar-refractivity contribution in [2.24, 2.45) is 0 Å². The van der Waals surface area contributed by atoms with Crippen LogP contribution in [0.4, 0.5) is 0 Å². The minimum absolute atomic E-state index is 0.0413. The molecule has 1 fully saturated rings. The van der Waals surface area contributed by atoms with Gasteiger partial charge < -0.3 is 29.7 Å². The number of hydrogen-bond donors (Lipinski definition) is 4. The fourth-order valence-electron chi connectivity index (χ4n) is 5.24. The smallest absolute Gasteiger partial charge is 0.240 e. The van der Waals surface area contributed by atoms with Crippen LogP contribution in [0.25, 0.3) is 0 Å². The van der Waals surface area contributed by atoms with E-state index in [4.69, 9.17) is 9.47 Å². The van der Waals surface area contributed by atoms with Crippen LogP contribution in [0.15, 0.2) is 108 Å². The maximum absolute atomic E-state index is 12.6. The number of phenols is 1. The number of likely N-dealkylation sites (N-methyl/N-ethyl adjacent to an activating group) is 1. The van der Waals surface area contributed by atoms with Gasteiger partial charge in [-0.15, -0.1) is 0 Å². The Kier molecular flexibility index (Phi) is 10.4. The average molecular weight is 619 g/mol. The molecule has 44 heavy (non-hydrogen) atoms. The maximum Gasteiger partial charge on any atom is 0.240 e. The summed E-state index contributed by atoms with van der Waals surface area (Å²) in [6.07, 6.45) is -1.36. The SMILES string of the molecule is CN(CC1CC(c2ccc(CO)cc2)OC(c2ccc(CNS(=O)(=O)c3ccccc3)cc2)O1)CC(O)c1cccc(O)c1. The van der Waals surface area contributed by atoms with E-state index in [1.54, 1.807) is 54.6 Å². The Morgan fingerprint density at radius 1 is 0.886 bits per heavy atom. The number of aromatic hydroxyl groups is 1. The Balaban J connectivity index is 1.28. The van der Waals surface area contributed by atoms with Crippen LogP contribution in [0, 0.1) is 0 Å². The predicted molar refractivity (Wildman–Crippen MR) is 166 cm³/mol. The van der Waals surface area contributed by atoms with Gasteiger partial charge in [0.1, 0.15) is 5.75 Å². The fraction of sp³-hybridized carbons (Fsp3) is 0.294. The van der Waals surface area contributed by atoms with Crippen molar-refractivity contribution in [3.63, 3.8) is 0 Å². The van der Waals surface area contributed by atoms with Gasteiger partial charge in [0.2, 0.25) is 10.0 Å². The molecular weight excluding hydrogens is 580 g/mol. The normalized spacial score (nSPS) is 19.6. The third-order valence-corrected chi connectivity index (χ3v) is 9.06. The van der Waals surface area contributed by atoms with Gasteiger partial charge in [0.25, 0.3) is 0 Å². The molecule has 0 saturated carbocycles. The van der Waals surface area contributed by atoms with Crippen molar-refractivity contribution in [1.29, 1.82) is 0 Å². The first-order valence-corrected chi connectivity index (χ1v) is 16.0. The lowest BCUT2D eigenvalue weighted by Crippen LogP contribution is -2.39. The number of aliphatic hydroxyl groups is 2. The van der Waals surface area contributed by atoms with Crippen LogP contribution in [0.3, 0.4) is 0 Å². The van der Waals surface area contributed by atoms with Gasteiger partial charge in [-0.25, -0.2) is 13.1 Å². The molecule has 4 aromatic carbocycles. The summed E-state index contributed by atoms with van der Waals surface area (Å²) < 4.78 is 40.7. The largest absolute Gasteiger partial charge is 0.508 e. The van der Waals surface area contributed by atoms with Crippen molar-refractivity contribution in [3.8, 4) is 5.75 Å². The molecular formula is C34H38N2O7S. The summed E-state index contributed by atoms with van der Waals surface area (Å²) in [6, 6.07) is 30.0. The predicted octanol–water partition coefficient (Wildman–Crippen LogP) is 4.57. The number of ether oxygens (including phenoxy) is 2. The Labute approximate surface area is 258 Å². The molecule has 4 atom stereocenters. The van der Waals surface area contributed by atoms with Crippen molar-refractivity contribution >= 4 is 10.0 Å². The van der Waals surface area contributed by atoms with Crippen molar-refractivity contribution in [3.05, 3.63) is 131 Å². The van der Waals surface area contributed by atoms with E-state index in [1.165, 1.54) is 0 Å². The third-order valence-electron chi connectivity index (χ3n) is 7.64. The molecule has 0 radical (unpaired) electrons. The van der Waals surface area contributed by atoms with Crippen LogP contribution < -0.4 is 4.72 Å². The van der Waals surface area contributed by atoms with E-state index in [2.05, 4.69) is 4.72 Å². The van der Waals surface area contributed by atoms with Crippen molar-refractivity contribution in [2.45, 2.75) is 49.1 Å². The molecule has 9 nitrogen and oxygen atoms in total. The first kappa shape index (κ1) is 31.8. The molecule has 0 aliphatic carbocycles. The molecule has 5 rings (SSSR count). The molecule has 0 spiro atoms. The number of rotatable bonds is 12. The third kappa shape index (κ3) is 8.30. The molecule has 1 heterocycles. The second-order valence-corrected chi connectivity index (χ2v) is 12.8. The average Bonchev–Trinajstić information content (AvgIpc) is 3.04. The summed E-state index contributed by atoms with van der Waals surface area (Å²) in [5, 5.41) is 30.0. The Morgan fingerprint density at radius 2 is 1.57 bits per heavy atom. The quantitative estimate of drug-likeness (QED) is 0.182. The highest BCUT2D eigenvalue weighted by atomic mass is 32.2. The monoisotopic (exact) mass is 618 g/mol. The summed E-state index contributed by atoms with van der Waals surface area (Å²) in [5.41, 5.74) is 4.00. The molecule has 232 valence electrons. The second-order valence-electron chi connectivity index (χ2n) is 11.1. The van der Waals surface area contributed by atoms with Gasteiger partial charge in [0.05, 0.1) is 29.8 Å². The van der Waals surface area contributed by atoms with Gasteiger partial charge >= 0.3 is 0 Å². The van der Waals surface area contributed by atoms with E-state index in [9.17, 15) is 23.7 Å². The molecule has 10 heteroatoms. The highest BCUT2D eigenvalue weighted by Crippen LogP contribution is 2.38. The van der Waals surface area contributed by atoms with Crippen LogP contribution in [-0.4, -0.2) is 54.9 Å². The molecule has 4 unspecified atom stereocenters. The summed E-state index contributed by atoms with van der Waals surface area (Å²) in [4.78, 5) is 2.21. The van der Waals surface area contributed by atoms with Crippen LogP contribution in [-0.2, 0) is 32.6 Å². The molecule has 4 aromatic rings. The highest BCUT2D eigenvalue weighted by molar-refractivity contribution is 7.89. The maximum atomic E-state index is 12.6. The molecule has 4 N–H and O–H groups in total. The van der Waals surface area contributed by atoms with E-state index < -0.39 is 22.4 Å². The summed E-state index contributed by atoms with van der Waals surface area (Å²) in [7, 11) is -1.72. The summed E-state index contributed by atoms with van der Waals surface area (Å²) in [6.45, 7) is 0.970. The van der Waals surface area contributed by atoms with E-state index in [-0.39, 0.29) is 36.0 Å². The number of aliphatic hydroxyl groups excluding tert-OH is 2. The first-order valence-electron chi connectivity index (χ1n) is 14.5. The number of nitrogens with one attached hydrogen (secondary N) is 1. The van der Waals surface area contributed by atoms with E-state index >= 15 is 0 Å². The lowest BCUT2D eigenvalue weighted by atomic mass is 9.99. The summed E-state index contributed by atoms with van der Waals surface area (Å²) in [5.74, 6) is 0.106. The number of nitrogens with zero attached hydrogens (tertiary/aromatic N) is 1. The zero-order chi connectivity index (χ0) is 31.1. The van der Waals surface area contributed by atoms with Crippen molar-refractivity contribution < 1.29 is 33.2 Å². The topological polar surface area (TPSA) is 129 Å². The van der Waals surface area contributed by atoms with Gasteiger partial charge in [-0.2, -0.15) is 0 Å². The van der Waals surface area contributed by atoms with Gasteiger partial charge in [0.15, 0.2) is 6.29 Å². The molecule has 1 aliphatic heterocycles. The molecule has 0 bridgehead atoms. The zero-order valence-corrected chi connectivity index (χ0v) is 25.3. The molecule has 0 aromatic heterocycles. The number of phenolic OH excluding ortho intramolecular Hbond substituents is 1. The molecule has 0 amide bonds. The standard InChI is InChI=1S/C34H38N2O7S/c1-36(22-32(39)28-6-5-7-29(38)18-28)21-30-19-33(26-14-12-25(23-37)13-15-26)43-34(42-30)27-16-10-24(11-17-27)20-35-44(40,41)31-8-3-2-4-9-31/h2-18,30,32-35,37-39H,19-23H2,1H3. The van der Waals surface area contributed by atoms with Crippen LogP contribution in [0.1, 0.15) is 52.7 Å². The van der Waals surface area contributed by atoms with Gasteiger partial charge in [-0.05, 0) is 53.6 Å². The number of sulfonamides is 1. The Morgan fingerprint density at radius 3 is 2.25 bits per heavy atom. The molecule has 1 aliphatic rings. The first-order chi connectivity index (χ1) is 21.2. The van der Waals surface area contributed by atoms with Crippen LogP contribution >= 0.6 is 0 Å². The Hall–Kier alpha value is -3.61. The molecule has 1 saturated heterocycles. The van der Waals surface area contributed by atoms with Gasteiger partial charge in [0, 0.05) is 31.6 Å². The van der Waals surface area contributed by atoms with E-state index in [0.717, 1.165) is 22.3 Å². The highest BCUT2D eigenvalue weighted by Gasteiger charge is 2.33. The summed E-state index contributed by atoms with van der Waals surface area (Å²) >= 11 is 0. The number of benzene rings is 4. The van der Waals surface area contributed by atoms with Crippen molar-refractivity contribution in [2.75, 3.05) is 20.1 Å². The van der Waals surface area contributed by atoms with Crippen molar-refractivity contribution in [1.82, 2.24) is 9.62 Å². The van der Waals surface area contributed by atoms with Crippen LogP contribution in [0.5, 0.6) is 5.75 Å². The van der Waals surface area contributed by atoms with Crippen LogP contribution in [0.2, 0.25) is 0 Å². The van der Waals surface area contributed by atoms with Gasteiger partial charge in [-0.1, -0.05) is 78.9 Å². The minimum Gasteiger partial charge on any atom is -0.508 e. The van der Waals surface area contributed by atoms with E-state index in [1.807, 2.05) is 60.5 Å². The zero-order valence-electron chi connectivity index (χ0n) is 24.5. The second kappa shape index (κ2) is 14.4. The lowest BCUT2D eigenvalue weighted by molar-refractivity contribution is -0.252. The fourth-order valence-corrected chi connectivity index (χ4v) is 6.28. The van der Waals surface area contributed by atoms with Gasteiger partial charge in [-0.3, -0.25) is 0 Å². The van der Waals surface area contributed by atoms with E-state index in [0.29, 0.717) is 25.1 Å².